The summed E-state index contributed by atoms with van der Waals surface area (Å²) in [5.74, 6) is 0. The van der Waals surface area contributed by atoms with Crippen LogP contribution in [0.1, 0.15) is 0 Å². The molecule has 0 aliphatic carbocycles. The lowest BCUT2D eigenvalue weighted by atomic mass is 10.4. The van der Waals surface area contributed by atoms with E-state index in [4.69, 9.17) is 28.4 Å². The number of ether oxygens (including phenoxy) is 6. The predicted molar refractivity (Wildman–Crippen MR) is 70.1 cm³/mol. The van der Waals surface area contributed by atoms with Crippen LogP contribution in [0.15, 0.2) is 0 Å². The monoisotopic (exact) mass is 298 g/mol. The Kier molecular flexibility index (Phi) is 13.4. The third kappa shape index (κ3) is 11.5. The topological polar surface area (TPSA) is 75.6 Å². The summed E-state index contributed by atoms with van der Waals surface area (Å²) in [5.41, 5.74) is 0. The molecule has 20 heavy (non-hydrogen) atoms. The van der Waals surface area contributed by atoms with Crippen molar-refractivity contribution in [3.63, 3.8) is 0 Å². The zero-order valence-corrected chi connectivity index (χ0v) is 12.7. The molecular formula is C12H28NO7+. The van der Waals surface area contributed by atoms with Gasteiger partial charge in [-0.25, -0.2) is 5.21 Å². The second-order valence-electron chi connectivity index (χ2n) is 4.21. The van der Waals surface area contributed by atoms with Gasteiger partial charge in [-0.3, -0.25) is 0 Å². The van der Waals surface area contributed by atoms with E-state index in [9.17, 15) is 5.21 Å². The normalized spacial score (nSPS) is 12.0. The molecule has 1 N–H and O–H groups in total. The van der Waals surface area contributed by atoms with Crippen LogP contribution in [0.2, 0.25) is 0 Å². The van der Waals surface area contributed by atoms with Crippen molar-refractivity contribution in [2.24, 2.45) is 0 Å². The van der Waals surface area contributed by atoms with E-state index >= 15 is 0 Å². The maximum absolute atomic E-state index is 10.5. The van der Waals surface area contributed by atoms with Crippen molar-refractivity contribution in [1.29, 1.82) is 0 Å². The fourth-order valence-electron chi connectivity index (χ4n) is 1.47. The molecule has 0 aromatic heterocycles. The van der Waals surface area contributed by atoms with Crippen LogP contribution in [-0.2, 0) is 28.4 Å². The molecule has 0 atom stereocenters. The average Bonchev–Trinajstić information content (AvgIpc) is 2.45. The minimum atomic E-state index is -0.197. The van der Waals surface area contributed by atoms with E-state index < -0.39 is 0 Å². The molecule has 0 saturated heterocycles. The van der Waals surface area contributed by atoms with Crippen LogP contribution < -0.4 is 0 Å². The number of hydroxylamine groups is 3. The van der Waals surface area contributed by atoms with Gasteiger partial charge >= 0.3 is 0 Å². The highest BCUT2D eigenvalue weighted by Gasteiger charge is 2.25. The van der Waals surface area contributed by atoms with Gasteiger partial charge in [0.25, 0.3) is 0 Å². The van der Waals surface area contributed by atoms with Crippen LogP contribution in [0.25, 0.3) is 0 Å². The molecule has 0 unspecified atom stereocenters. The van der Waals surface area contributed by atoms with Gasteiger partial charge in [-0.05, 0) is 0 Å². The largest absolute Gasteiger partial charge is 0.359 e. The van der Waals surface area contributed by atoms with Gasteiger partial charge in [-0.2, -0.15) is 4.65 Å². The van der Waals surface area contributed by atoms with E-state index in [-0.39, 0.29) is 25.0 Å². The van der Waals surface area contributed by atoms with Crippen LogP contribution in [0.3, 0.4) is 0 Å². The lowest BCUT2D eigenvalue weighted by molar-refractivity contribution is -1.10. The first-order chi connectivity index (χ1) is 9.68. The Morgan fingerprint density at radius 1 is 0.650 bits per heavy atom. The van der Waals surface area contributed by atoms with E-state index in [1.54, 1.807) is 21.3 Å². The minimum absolute atomic E-state index is 0.197. The molecule has 0 amide bonds. The second-order valence-corrected chi connectivity index (χ2v) is 4.21. The molecule has 0 fully saturated rings. The average molecular weight is 298 g/mol. The van der Waals surface area contributed by atoms with E-state index in [2.05, 4.69) is 0 Å². The van der Waals surface area contributed by atoms with Gasteiger partial charge in [0.05, 0.1) is 0 Å². The standard InChI is InChI=1S/C12H28NO7/c1-15-10-18-7-4-13(14,5-8-19-11-16-2)6-9-20-12-17-3/h14H,4-12H2,1-3H3/q+1. The maximum Gasteiger partial charge on any atom is 0.146 e. The lowest BCUT2D eigenvalue weighted by Crippen LogP contribution is -2.51. The summed E-state index contributed by atoms with van der Waals surface area (Å²) in [6, 6.07) is 0. The second kappa shape index (κ2) is 13.7. The Hall–Kier alpha value is -0.320. The SMILES string of the molecule is COCOCC[N+](O)(CCOCOC)CCOCOC. The molecule has 0 aromatic rings. The Morgan fingerprint density at radius 2 is 0.950 bits per heavy atom. The first-order valence-electron chi connectivity index (χ1n) is 6.47. The molecule has 122 valence electrons. The number of nitrogens with zero attached hydrogens (tertiary/aromatic N) is 1. The van der Waals surface area contributed by atoms with Crippen molar-refractivity contribution in [3.05, 3.63) is 0 Å². The van der Waals surface area contributed by atoms with E-state index in [0.717, 1.165) is 0 Å². The van der Waals surface area contributed by atoms with E-state index in [1.165, 1.54) is 0 Å². The van der Waals surface area contributed by atoms with Crippen LogP contribution >= 0.6 is 0 Å². The van der Waals surface area contributed by atoms with Gasteiger partial charge in [-0.15, -0.1) is 0 Å². The van der Waals surface area contributed by atoms with Crippen molar-refractivity contribution in [2.75, 3.05) is 81.2 Å². The number of hydrogen-bond acceptors (Lipinski definition) is 7. The molecule has 0 aromatic carbocycles. The Labute approximate surface area is 120 Å². The van der Waals surface area contributed by atoms with Crippen molar-refractivity contribution in [2.45, 2.75) is 0 Å². The smallest absolute Gasteiger partial charge is 0.146 e. The molecule has 0 spiro atoms. The summed E-state index contributed by atoms with van der Waals surface area (Å²) in [4.78, 5) is 0. The molecule has 0 bridgehead atoms. The van der Waals surface area contributed by atoms with Crippen molar-refractivity contribution < 1.29 is 38.3 Å². The number of rotatable bonds is 15. The van der Waals surface area contributed by atoms with Crippen LogP contribution in [0.5, 0.6) is 0 Å². The lowest BCUT2D eigenvalue weighted by Gasteiger charge is -2.29. The van der Waals surface area contributed by atoms with Gasteiger partial charge in [0.15, 0.2) is 0 Å². The van der Waals surface area contributed by atoms with Gasteiger partial charge in [0.2, 0.25) is 0 Å². The van der Waals surface area contributed by atoms with Gasteiger partial charge in [-0.1, -0.05) is 0 Å². The van der Waals surface area contributed by atoms with E-state index in [1.807, 2.05) is 0 Å². The highest BCUT2D eigenvalue weighted by atomic mass is 16.7. The maximum atomic E-state index is 10.5. The highest BCUT2D eigenvalue weighted by Crippen LogP contribution is 2.02. The minimum Gasteiger partial charge on any atom is -0.359 e. The van der Waals surface area contributed by atoms with Crippen LogP contribution in [0.4, 0.5) is 0 Å². The summed E-state index contributed by atoms with van der Waals surface area (Å²) in [5, 5.41) is 10.5. The predicted octanol–water partition coefficient (Wildman–Crippen LogP) is 0.0539. The fraction of sp³-hybridized carbons (Fsp3) is 1.00. The fourth-order valence-corrected chi connectivity index (χ4v) is 1.47. The molecule has 8 nitrogen and oxygen atoms in total. The van der Waals surface area contributed by atoms with Gasteiger partial charge < -0.3 is 28.4 Å². The third-order valence-electron chi connectivity index (χ3n) is 2.56. The van der Waals surface area contributed by atoms with Gasteiger partial charge in [0, 0.05) is 21.3 Å². The molecular weight excluding hydrogens is 270 g/mol. The summed E-state index contributed by atoms with van der Waals surface area (Å²) in [6.45, 7) is 3.07. The molecule has 0 heterocycles. The van der Waals surface area contributed by atoms with Gasteiger partial charge in [0.1, 0.15) is 59.8 Å². The van der Waals surface area contributed by atoms with Crippen LogP contribution in [-0.4, -0.2) is 91.0 Å². The number of methoxy groups -OCH3 is 3. The Balaban J connectivity index is 3.98. The van der Waals surface area contributed by atoms with Crippen molar-refractivity contribution in [1.82, 2.24) is 0 Å². The van der Waals surface area contributed by atoms with Crippen LogP contribution in [0, 0.1) is 0 Å². The molecule has 0 radical (unpaired) electrons. The summed E-state index contributed by atoms with van der Waals surface area (Å²) in [6.07, 6.45) is 0. The van der Waals surface area contributed by atoms with Crippen molar-refractivity contribution >= 4 is 0 Å². The molecule has 0 aliphatic rings. The molecule has 8 heteroatoms. The first kappa shape index (κ1) is 19.7. The zero-order chi connectivity index (χ0) is 15.1. The number of quaternary nitrogens is 1. The third-order valence-corrected chi connectivity index (χ3v) is 2.56. The van der Waals surface area contributed by atoms with E-state index in [0.29, 0.717) is 39.5 Å². The molecule has 0 saturated carbocycles. The summed E-state index contributed by atoms with van der Waals surface area (Å²) < 4.78 is 29.8. The van der Waals surface area contributed by atoms with Crippen molar-refractivity contribution in [3.8, 4) is 0 Å². The molecule has 0 rings (SSSR count). The zero-order valence-electron chi connectivity index (χ0n) is 12.7. The Bertz CT molecular complexity index is 175. The summed E-state index contributed by atoms with van der Waals surface area (Å²) >= 11 is 0. The number of hydrogen-bond donors (Lipinski definition) is 1. The summed E-state index contributed by atoms with van der Waals surface area (Å²) in [7, 11) is 4.66. The Morgan fingerprint density at radius 3 is 1.20 bits per heavy atom. The quantitative estimate of drug-likeness (QED) is 0.198. The first-order valence-corrected chi connectivity index (χ1v) is 6.47. The molecule has 0 aliphatic heterocycles. The highest BCUT2D eigenvalue weighted by molar-refractivity contribution is 4.37.